The molecule has 0 saturated heterocycles. The molecular weight excluding hydrogens is 196 g/mol. The Labute approximate surface area is 99.4 Å². The molecule has 2 heteroatoms. The molecule has 0 unspecified atom stereocenters. The normalized spacial score (nSPS) is 26.8. The van der Waals surface area contributed by atoms with Gasteiger partial charge in [0.2, 0.25) is 0 Å². The van der Waals surface area contributed by atoms with E-state index in [0.29, 0.717) is 5.41 Å². The molecule has 0 bridgehead atoms. The standard InChI is InChI=1S/C14H24N2/c1-2-11-16-14(12-15)9-7-13(8-10-14)5-3-4-6-13/h16H,2-11H2,1H3. The Morgan fingerprint density at radius 1 is 1.06 bits per heavy atom. The molecule has 90 valence electrons. The Kier molecular flexibility index (Phi) is 3.54. The molecular formula is C14H24N2. The van der Waals surface area contributed by atoms with Crippen molar-refractivity contribution in [3.63, 3.8) is 0 Å². The third kappa shape index (κ3) is 2.25. The van der Waals surface area contributed by atoms with Gasteiger partial charge in [-0.05, 0) is 56.9 Å². The molecule has 2 saturated carbocycles. The van der Waals surface area contributed by atoms with E-state index >= 15 is 0 Å². The Morgan fingerprint density at radius 2 is 1.69 bits per heavy atom. The van der Waals surface area contributed by atoms with Crippen LogP contribution in [-0.2, 0) is 0 Å². The molecule has 0 aromatic heterocycles. The minimum Gasteiger partial charge on any atom is -0.299 e. The first kappa shape index (κ1) is 11.9. The highest BCUT2D eigenvalue weighted by Gasteiger charge is 2.43. The summed E-state index contributed by atoms with van der Waals surface area (Å²) in [5, 5.41) is 12.9. The minimum atomic E-state index is -0.191. The maximum atomic E-state index is 9.39. The maximum absolute atomic E-state index is 9.39. The van der Waals surface area contributed by atoms with Gasteiger partial charge < -0.3 is 0 Å². The predicted octanol–water partition coefficient (Wildman–Crippen LogP) is 3.38. The van der Waals surface area contributed by atoms with Crippen LogP contribution in [0, 0.1) is 16.7 Å². The monoisotopic (exact) mass is 220 g/mol. The van der Waals surface area contributed by atoms with Crippen LogP contribution < -0.4 is 5.32 Å². The number of nitriles is 1. The van der Waals surface area contributed by atoms with Gasteiger partial charge in [0.15, 0.2) is 0 Å². The first-order chi connectivity index (χ1) is 7.74. The molecule has 0 aliphatic heterocycles. The van der Waals surface area contributed by atoms with Crippen LogP contribution in [0.25, 0.3) is 0 Å². The van der Waals surface area contributed by atoms with Crippen molar-refractivity contribution < 1.29 is 0 Å². The van der Waals surface area contributed by atoms with Gasteiger partial charge in [0.05, 0.1) is 6.07 Å². The van der Waals surface area contributed by atoms with Crippen molar-refractivity contribution in [1.29, 1.82) is 5.26 Å². The molecule has 1 N–H and O–H groups in total. The summed E-state index contributed by atoms with van der Waals surface area (Å²) in [5.41, 5.74) is 0.443. The summed E-state index contributed by atoms with van der Waals surface area (Å²) in [5.74, 6) is 0. The lowest BCUT2D eigenvalue weighted by atomic mass is 9.67. The molecule has 2 rings (SSSR count). The van der Waals surface area contributed by atoms with E-state index in [-0.39, 0.29) is 5.54 Å². The molecule has 0 aromatic rings. The molecule has 16 heavy (non-hydrogen) atoms. The smallest absolute Gasteiger partial charge is 0.106 e. The predicted molar refractivity (Wildman–Crippen MR) is 66.0 cm³/mol. The Bertz CT molecular complexity index is 261. The average molecular weight is 220 g/mol. The van der Waals surface area contributed by atoms with Gasteiger partial charge in [-0.1, -0.05) is 19.8 Å². The van der Waals surface area contributed by atoms with Gasteiger partial charge in [0.25, 0.3) is 0 Å². The third-order valence-electron chi connectivity index (χ3n) is 4.76. The highest BCUT2D eigenvalue weighted by atomic mass is 15.0. The molecule has 2 aliphatic rings. The zero-order chi connectivity index (χ0) is 11.5. The fraction of sp³-hybridized carbons (Fsp3) is 0.929. The molecule has 0 aromatic carbocycles. The van der Waals surface area contributed by atoms with Gasteiger partial charge >= 0.3 is 0 Å². The number of nitrogens with one attached hydrogen (secondary N) is 1. The van der Waals surface area contributed by atoms with Crippen LogP contribution in [0.15, 0.2) is 0 Å². The van der Waals surface area contributed by atoms with Crippen molar-refractivity contribution in [2.75, 3.05) is 6.54 Å². The number of hydrogen-bond acceptors (Lipinski definition) is 2. The number of hydrogen-bond donors (Lipinski definition) is 1. The summed E-state index contributed by atoms with van der Waals surface area (Å²) >= 11 is 0. The fourth-order valence-corrected chi connectivity index (χ4v) is 3.52. The molecule has 2 fully saturated rings. The van der Waals surface area contributed by atoms with Crippen LogP contribution in [0.5, 0.6) is 0 Å². The van der Waals surface area contributed by atoms with Crippen LogP contribution in [0.4, 0.5) is 0 Å². The van der Waals surface area contributed by atoms with Crippen molar-refractivity contribution in [3.05, 3.63) is 0 Å². The lowest BCUT2D eigenvalue weighted by molar-refractivity contribution is 0.140. The van der Waals surface area contributed by atoms with Gasteiger partial charge in [-0.15, -0.1) is 0 Å². The molecule has 2 aliphatic carbocycles. The molecule has 0 radical (unpaired) electrons. The third-order valence-corrected chi connectivity index (χ3v) is 4.76. The van der Waals surface area contributed by atoms with E-state index in [1.165, 1.54) is 38.5 Å². The van der Waals surface area contributed by atoms with E-state index in [0.717, 1.165) is 25.8 Å². The second-order valence-corrected chi connectivity index (χ2v) is 5.83. The van der Waals surface area contributed by atoms with Gasteiger partial charge in [-0.3, -0.25) is 5.32 Å². The van der Waals surface area contributed by atoms with Crippen LogP contribution in [-0.4, -0.2) is 12.1 Å². The van der Waals surface area contributed by atoms with Crippen LogP contribution in [0.2, 0.25) is 0 Å². The Balaban J connectivity index is 1.93. The highest BCUT2D eigenvalue weighted by Crippen LogP contribution is 2.51. The average Bonchev–Trinajstić information content (AvgIpc) is 2.78. The van der Waals surface area contributed by atoms with Gasteiger partial charge in [0.1, 0.15) is 5.54 Å². The van der Waals surface area contributed by atoms with E-state index in [2.05, 4.69) is 18.3 Å². The fourth-order valence-electron chi connectivity index (χ4n) is 3.52. The number of rotatable bonds is 3. The van der Waals surface area contributed by atoms with E-state index in [1.807, 2.05) is 0 Å². The van der Waals surface area contributed by atoms with Crippen molar-refractivity contribution in [3.8, 4) is 6.07 Å². The quantitative estimate of drug-likeness (QED) is 0.791. The van der Waals surface area contributed by atoms with E-state index in [4.69, 9.17) is 0 Å². The highest BCUT2D eigenvalue weighted by molar-refractivity contribution is 5.11. The summed E-state index contributed by atoms with van der Waals surface area (Å²) in [4.78, 5) is 0. The Hall–Kier alpha value is -0.550. The largest absolute Gasteiger partial charge is 0.299 e. The van der Waals surface area contributed by atoms with Crippen molar-refractivity contribution in [2.45, 2.75) is 70.3 Å². The van der Waals surface area contributed by atoms with E-state index in [9.17, 15) is 5.26 Å². The van der Waals surface area contributed by atoms with Crippen molar-refractivity contribution >= 4 is 0 Å². The summed E-state index contributed by atoms with van der Waals surface area (Å²) in [6.07, 6.45) is 11.5. The van der Waals surface area contributed by atoms with Crippen LogP contribution in [0.3, 0.4) is 0 Å². The maximum Gasteiger partial charge on any atom is 0.106 e. The summed E-state index contributed by atoms with van der Waals surface area (Å²) in [6, 6.07) is 2.55. The van der Waals surface area contributed by atoms with Crippen molar-refractivity contribution in [2.24, 2.45) is 5.41 Å². The summed E-state index contributed by atoms with van der Waals surface area (Å²) in [7, 11) is 0. The van der Waals surface area contributed by atoms with E-state index < -0.39 is 0 Å². The second kappa shape index (κ2) is 4.75. The topological polar surface area (TPSA) is 35.8 Å². The molecule has 0 atom stereocenters. The molecule has 0 heterocycles. The zero-order valence-corrected chi connectivity index (χ0v) is 10.5. The minimum absolute atomic E-state index is 0.191. The number of nitrogens with zero attached hydrogens (tertiary/aromatic N) is 1. The molecule has 2 nitrogen and oxygen atoms in total. The first-order valence-electron chi connectivity index (χ1n) is 6.91. The summed E-state index contributed by atoms with van der Waals surface area (Å²) in [6.45, 7) is 3.15. The van der Waals surface area contributed by atoms with Crippen LogP contribution >= 0.6 is 0 Å². The van der Waals surface area contributed by atoms with Crippen LogP contribution in [0.1, 0.15) is 64.7 Å². The first-order valence-corrected chi connectivity index (χ1v) is 6.91. The molecule has 1 spiro atoms. The Morgan fingerprint density at radius 3 is 2.19 bits per heavy atom. The second-order valence-electron chi connectivity index (χ2n) is 5.83. The lowest BCUT2D eigenvalue weighted by Gasteiger charge is -2.42. The van der Waals surface area contributed by atoms with E-state index in [1.54, 1.807) is 0 Å². The SMILES string of the molecule is CCCNC1(C#N)CCC2(CCCC2)CC1. The van der Waals surface area contributed by atoms with Crippen molar-refractivity contribution in [1.82, 2.24) is 5.32 Å². The van der Waals surface area contributed by atoms with Gasteiger partial charge in [-0.2, -0.15) is 5.26 Å². The lowest BCUT2D eigenvalue weighted by Crippen LogP contribution is -2.48. The zero-order valence-electron chi connectivity index (χ0n) is 10.5. The van der Waals surface area contributed by atoms with Gasteiger partial charge in [0, 0.05) is 0 Å². The molecule has 0 amide bonds. The van der Waals surface area contributed by atoms with Gasteiger partial charge in [-0.25, -0.2) is 0 Å². The summed E-state index contributed by atoms with van der Waals surface area (Å²) < 4.78 is 0.